The molecule has 1 saturated heterocycles. The van der Waals surface area contributed by atoms with Crippen molar-refractivity contribution < 1.29 is 14.1 Å². The van der Waals surface area contributed by atoms with Gasteiger partial charge in [0.15, 0.2) is 5.78 Å². The molecular weight excluding hydrogens is 289 g/mol. The van der Waals surface area contributed by atoms with Gasteiger partial charge >= 0.3 is 7.12 Å². The number of Topliss-reactive ketones (excluding diaryl/α,β-unsaturated/α-hetero) is 1. The van der Waals surface area contributed by atoms with E-state index in [4.69, 9.17) is 15.0 Å². The summed E-state index contributed by atoms with van der Waals surface area (Å²) in [6.45, 7) is 10.3. The molecule has 2 rings (SSSR count). The molecular formula is C18H26BNO3. The van der Waals surface area contributed by atoms with Crippen molar-refractivity contribution in [2.45, 2.75) is 52.2 Å². The van der Waals surface area contributed by atoms with Crippen LogP contribution in [-0.4, -0.2) is 30.6 Å². The van der Waals surface area contributed by atoms with E-state index >= 15 is 0 Å². The Morgan fingerprint density at radius 1 is 1.13 bits per heavy atom. The Morgan fingerprint density at radius 2 is 1.65 bits per heavy atom. The summed E-state index contributed by atoms with van der Waals surface area (Å²) in [6, 6.07) is 7.53. The molecule has 0 saturated carbocycles. The second-order valence-electron chi connectivity index (χ2n) is 6.91. The van der Waals surface area contributed by atoms with Gasteiger partial charge in [0.25, 0.3) is 0 Å². The van der Waals surface area contributed by atoms with Gasteiger partial charge in [0.2, 0.25) is 0 Å². The molecule has 4 nitrogen and oxygen atoms in total. The van der Waals surface area contributed by atoms with Crippen LogP contribution in [0.5, 0.6) is 0 Å². The highest BCUT2D eigenvalue weighted by atomic mass is 16.7. The van der Waals surface area contributed by atoms with Crippen LogP contribution in [0.2, 0.25) is 0 Å². The molecule has 1 fully saturated rings. The number of rotatable bonds is 5. The molecule has 1 heterocycles. The minimum atomic E-state index is -0.443. The fourth-order valence-electron chi connectivity index (χ4n) is 2.40. The molecule has 0 spiro atoms. The van der Waals surface area contributed by atoms with Crippen LogP contribution in [-0.2, 0) is 9.31 Å². The second-order valence-corrected chi connectivity index (χ2v) is 6.91. The summed E-state index contributed by atoms with van der Waals surface area (Å²) in [5, 5.41) is 0. The molecule has 124 valence electrons. The number of benzene rings is 1. The highest BCUT2D eigenvalue weighted by molar-refractivity contribution is 6.55. The van der Waals surface area contributed by atoms with E-state index in [2.05, 4.69) is 0 Å². The van der Waals surface area contributed by atoms with Crippen molar-refractivity contribution in [3.8, 4) is 0 Å². The number of hydrogen-bond acceptors (Lipinski definition) is 4. The largest absolute Gasteiger partial charge is 0.491 e. The summed E-state index contributed by atoms with van der Waals surface area (Å²) in [6.07, 6.45) is 2.49. The highest BCUT2D eigenvalue weighted by Crippen LogP contribution is 2.38. The summed E-state index contributed by atoms with van der Waals surface area (Å²) in [4.78, 5) is 11.7. The maximum Gasteiger partial charge on any atom is 0.491 e. The summed E-state index contributed by atoms with van der Waals surface area (Å²) in [5.74, 6) is 0.144. The average Bonchev–Trinajstić information content (AvgIpc) is 2.72. The van der Waals surface area contributed by atoms with Gasteiger partial charge < -0.3 is 15.0 Å². The topological polar surface area (TPSA) is 61.6 Å². The third kappa shape index (κ3) is 3.74. The second kappa shape index (κ2) is 6.60. The number of hydrogen-bond donors (Lipinski definition) is 1. The Labute approximate surface area is 139 Å². The van der Waals surface area contributed by atoms with Crippen molar-refractivity contribution in [3.05, 3.63) is 40.9 Å². The fraction of sp³-hybridized carbons (Fsp3) is 0.500. The molecule has 0 unspecified atom stereocenters. The van der Waals surface area contributed by atoms with Crippen molar-refractivity contribution in [2.24, 2.45) is 5.73 Å². The first-order valence-electron chi connectivity index (χ1n) is 8.09. The molecule has 0 atom stereocenters. The summed E-state index contributed by atoms with van der Waals surface area (Å²) in [7, 11) is -0.443. The Balaban J connectivity index is 2.21. The molecule has 0 aromatic heterocycles. The van der Waals surface area contributed by atoms with Crippen LogP contribution >= 0.6 is 0 Å². The number of carbonyl (C=O) groups excluding carboxylic acids is 1. The van der Waals surface area contributed by atoms with Crippen LogP contribution in [0.25, 0.3) is 6.08 Å². The standard InChI is InChI=1S/C18H26BNO3/c1-6-16(21)14-9-7-13(8-10-14)11-15(12-20)19-22-17(2,3)18(4,5)23-19/h7-11H,6,12,20H2,1-5H3. The predicted octanol–water partition coefficient (Wildman–Crippen LogP) is 3.25. The summed E-state index contributed by atoms with van der Waals surface area (Å²) in [5.41, 5.74) is 7.72. The maximum atomic E-state index is 11.7. The molecule has 1 aliphatic rings. The van der Waals surface area contributed by atoms with Gasteiger partial charge in [-0.15, -0.1) is 0 Å². The summed E-state index contributed by atoms with van der Waals surface area (Å²) < 4.78 is 12.1. The van der Waals surface area contributed by atoms with Gasteiger partial charge in [0.1, 0.15) is 0 Å². The van der Waals surface area contributed by atoms with Crippen molar-refractivity contribution in [1.29, 1.82) is 0 Å². The van der Waals surface area contributed by atoms with Crippen LogP contribution < -0.4 is 5.73 Å². The van der Waals surface area contributed by atoms with E-state index in [1.807, 2.05) is 65.0 Å². The van der Waals surface area contributed by atoms with Gasteiger partial charge in [-0.25, -0.2) is 0 Å². The molecule has 0 bridgehead atoms. The molecule has 2 N–H and O–H groups in total. The molecule has 23 heavy (non-hydrogen) atoms. The molecule has 0 aliphatic carbocycles. The predicted molar refractivity (Wildman–Crippen MR) is 94.2 cm³/mol. The lowest BCUT2D eigenvalue weighted by molar-refractivity contribution is 0.00578. The quantitative estimate of drug-likeness (QED) is 0.669. The van der Waals surface area contributed by atoms with E-state index in [1.54, 1.807) is 0 Å². The first-order chi connectivity index (χ1) is 10.7. The minimum absolute atomic E-state index is 0.144. The zero-order chi connectivity index (χ0) is 17.3. The summed E-state index contributed by atoms with van der Waals surface area (Å²) >= 11 is 0. The minimum Gasteiger partial charge on any atom is -0.400 e. The number of carbonyl (C=O) groups is 1. The molecule has 1 aromatic rings. The first kappa shape index (κ1) is 17.9. The van der Waals surface area contributed by atoms with E-state index in [-0.39, 0.29) is 17.0 Å². The third-order valence-electron chi connectivity index (χ3n) is 4.70. The van der Waals surface area contributed by atoms with Crippen molar-refractivity contribution in [2.75, 3.05) is 6.54 Å². The van der Waals surface area contributed by atoms with Crippen molar-refractivity contribution in [1.82, 2.24) is 0 Å². The van der Waals surface area contributed by atoms with Gasteiger partial charge in [-0.1, -0.05) is 37.3 Å². The van der Waals surface area contributed by atoms with Crippen LogP contribution in [0.4, 0.5) is 0 Å². The lowest BCUT2D eigenvalue weighted by Gasteiger charge is -2.32. The lowest BCUT2D eigenvalue weighted by atomic mass is 9.77. The number of nitrogens with two attached hydrogens (primary N) is 1. The maximum absolute atomic E-state index is 11.7. The van der Waals surface area contributed by atoms with Gasteiger partial charge in [-0.2, -0.15) is 0 Å². The van der Waals surface area contributed by atoms with E-state index in [1.165, 1.54) is 0 Å². The van der Waals surface area contributed by atoms with Crippen LogP contribution in [0.15, 0.2) is 29.7 Å². The van der Waals surface area contributed by atoms with E-state index in [0.29, 0.717) is 13.0 Å². The molecule has 0 amide bonds. The van der Waals surface area contributed by atoms with Crippen LogP contribution in [0.1, 0.15) is 57.0 Å². The lowest BCUT2D eigenvalue weighted by Crippen LogP contribution is -2.41. The van der Waals surface area contributed by atoms with Crippen molar-refractivity contribution in [3.63, 3.8) is 0 Å². The van der Waals surface area contributed by atoms with Gasteiger partial charge in [0, 0.05) is 18.5 Å². The third-order valence-corrected chi connectivity index (χ3v) is 4.70. The SMILES string of the molecule is CCC(=O)c1ccc(C=C(CN)B2OC(C)(C)C(C)(C)O2)cc1. The average molecular weight is 315 g/mol. The smallest absolute Gasteiger partial charge is 0.400 e. The van der Waals surface area contributed by atoms with Crippen LogP contribution in [0, 0.1) is 0 Å². The van der Waals surface area contributed by atoms with Crippen LogP contribution in [0.3, 0.4) is 0 Å². The van der Waals surface area contributed by atoms with E-state index < -0.39 is 7.12 Å². The number of ketones is 1. The Morgan fingerprint density at radius 3 is 2.09 bits per heavy atom. The molecule has 0 radical (unpaired) electrons. The fourth-order valence-corrected chi connectivity index (χ4v) is 2.40. The molecule has 1 aliphatic heterocycles. The van der Waals surface area contributed by atoms with Crippen molar-refractivity contribution >= 4 is 19.0 Å². The Bertz CT molecular complexity index is 589. The first-order valence-corrected chi connectivity index (χ1v) is 8.09. The molecule has 5 heteroatoms. The van der Waals surface area contributed by atoms with Gasteiger partial charge in [0.05, 0.1) is 11.2 Å². The highest BCUT2D eigenvalue weighted by Gasteiger charge is 2.52. The Hall–Kier alpha value is -1.43. The molecule has 1 aromatic carbocycles. The van der Waals surface area contributed by atoms with E-state index in [0.717, 1.165) is 16.6 Å². The monoisotopic (exact) mass is 315 g/mol. The normalized spacial score (nSPS) is 19.9. The van der Waals surface area contributed by atoms with Gasteiger partial charge in [-0.3, -0.25) is 4.79 Å². The zero-order valence-corrected chi connectivity index (χ0v) is 14.7. The Kier molecular flexibility index (Phi) is 5.14. The van der Waals surface area contributed by atoms with E-state index in [9.17, 15) is 4.79 Å². The zero-order valence-electron chi connectivity index (χ0n) is 14.7. The van der Waals surface area contributed by atoms with Gasteiger partial charge in [-0.05, 0) is 38.7 Å².